The number of fused-ring (bicyclic) bond motifs is 1. The van der Waals surface area contributed by atoms with Gasteiger partial charge in [-0.05, 0) is 39.2 Å². The molecule has 0 spiro atoms. The van der Waals surface area contributed by atoms with Crippen molar-refractivity contribution in [2.75, 3.05) is 25.0 Å². The van der Waals surface area contributed by atoms with Crippen LogP contribution < -0.4 is 5.32 Å². The van der Waals surface area contributed by atoms with E-state index in [1.165, 1.54) is 0 Å². The smallest absolute Gasteiger partial charge is 0.366 e. The molecule has 1 fully saturated rings. The van der Waals surface area contributed by atoms with Crippen LogP contribution in [0.5, 0.6) is 0 Å². The predicted octanol–water partition coefficient (Wildman–Crippen LogP) is 3.21. The molecule has 3 rings (SSSR count). The highest BCUT2D eigenvalue weighted by Gasteiger charge is 2.38. The van der Waals surface area contributed by atoms with E-state index >= 15 is 0 Å². The summed E-state index contributed by atoms with van der Waals surface area (Å²) in [5, 5.41) is 14.4. The molecule has 0 bridgehead atoms. The normalized spacial score (nSPS) is 17.0. The number of nitrogens with one attached hydrogen (secondary N) is 1. The first-order valence-electron chi connectivity index (χ1n) is 8.60. The van der Waals surface area contributed by atoms with Gasteiger partial charge in [0.05, 0.1) is 0 Å². The van der Waals surface area contributed by atoms with Crippen LogP contribution in [0.3, 0.4) is 0 Å². The highest BCUT2D eigenvalue weighted by Crippen LogP contribution is 2.30. The summed E-state index contributed by atoms with van der Waals surface area (Å²) in [6, 6.07) is 0.172. The lowest BCUT2D eigenvalue weighted by Crippen LogP contribution is -2.40. The number of piperidine rings is 1. The zero-order valence-electron chi connectivity index (χ0n) is 15.2. The van der Waals surface area contributed by atoms with E-state index in [1.54, 1.807) is 6.92 Å². The average molecular weight is 368 g/mol. The van der Waals surface area contributed by atoms with Crippen LogP contribution >= 0.6 is 0 Å². The molecule has 0 unspecified atom stereocenters. The number of rotatable bonds is 4. The summed E-state index contributed by atoms with van der Waals surface area (Å²) in [6.45, 7) is 12.2. The Morgan fingerprint density at radius 3 is 2.42 bits per heavy atom. The number of hydrogen-bond acceptors (Lipinski definition) is 5. The van der Waals surface area contributed by atoms with Crippen LogP contribution in [0.4, 0.5) is 19.0 Å². The lowest BCUT2D eigenvalue weighted by atomic mass is 10.0. The number of halogens is 3. The molecule has 0 aliphatic carbocycles. The van der Waals surface area contributed by atoms with Crippen LogP contribution in [-0.4, -0.2) is 50.4 Å². The van der Waals surface area contributed by atoms with Crippen molar-refractivity contribution in [3.8, 4) is 0 Å². The zero-order valence-corrected chi connectivity index (χ0v) is 15.2. The third-order valence-electron chi connectivity index (χ3n) is 4.77. The van der Waals surface area contributed by atoms with Gasteiger partial charge in [-0.2, -0.15) is 17.7 Å². The molecule has 2 aromatic heterocycles. The van der Waals surface area contributed by atoms with Crippen molar-refractivity contribution in [3.63, 3.8) is 0 Å². The number of anilines is 1. The van der Waals surface area contributed by atoms with E-state index < -0.39 is 12.0 Å². The minimum atomic E-state index is -4.60. The topological polar surface area (TPSA) is 58.4 Å². The van der Waals surface area contributed by atoms with E-state index in [0.29, 0.717) is 11.4 Å². The molecule has 0 amide bonds. The van der Waals surface area contributed by atoms with Gasteiger partial charge in [0.25, 0.3) is 5.82 Å². The maximum Gasteiger partial charge on any atom is 0.453 e. The number of aromatic nitrogens is 4. The Kier molecular flexibility index (Phi) is 4.92. The van der Waals surface area contributed by atoms with Crippen LogP contribution in [0.1, 0.15) is 36.7 Å². The van der Waals surface area contributed by atoms with Crippen LogP contribution in [0, 0.1) is 13.8 Å². The molecule has 0 saturated carbocycles. The van der Waals surface area contributed by atoms with Gasteiger partial charge in [0.2, 0.25) is 0 Å². The van der Waals surface area contributed by atoms with Gasteiger partial charge in [-0.15, -0.1) is 15.3 Å². The Labute approximate surface area is 150 Å². The van der Waals surface area contributed by atoms with Crippen molar-refractivity contribution in [1.82, 2.24) is 24.7 Å². The van der Waals surface area contributed by atoms with Gasteiger partial charge in [-0.25, -0.2) is 0 Å². The van der Waals surface area contributed by atoms with Gasteiger partial charge in [-0.1, -0.05) is 12.2 Å². The highest BCUT2D eigenvalue weighted by molar-refractivity contribution is 5.58. The largest absolute Gasteiger partial charge is 0.453 e. The summed E-state index contributed by atoms with van der Waals surface area (Å²) in [6.07, 6.45) is -2.79. The number of aryl methyl sites for hydroxylation is 1. The summed E-state index contributed by atoms with van der Waals surface area (Å²) < 4.78 is 40.2. The van der Waals surface area contributed by atoms with Crippen molar-refractivity contribution >= 4 is 11.5 Å². The highest BCUT2D eigenvalue weighted by atomic mass is 19.4. The lowest BCUT2D eigenvalue weighted by Gasteiger charge is -2.33. The number of nitrogens with zero attached hydrogens (tertiary/aromatic N) is 5. The standard InChI is InChI=1S/C17H23F3N6/c1-10(2)9-25-7-5-13(6-8-25)21-14-11(3)12(4)15-22-23-16(17(18,19)20)26(15)24-14/h13H,1,5-9H2,2-4H3,(H,21,24). The summed E-state index contributed by atoms with van der Waals surface area (Å²) >= 11 is 0. The minimum Gasteiger partial charge on any atom is -0.366 e. The first-order valence-corrected chi connectivity index (χ1v) is 8.60. The van der Waals surface area contributed by atoms with Crippen LogP contribution in [0.15, 0.2) is 12.2 Å². The summed E-state index contributed by atoms with van der Waals surface area (Å²) in [7, 11) is 0. The molecular weight excluding hydrogens is 345 g/mol. The van der Waals surface area contributed by atoms with Crippen molar-refractivity contribution in [2.45, 2.75) is 45.8 Å². The first kappa shape index (κ1) is 18.6. The summed E-state index contributed by atoms with van der Waals surface area (Å²) in [4.78, 5) is 2.33. The fourth-order valence-corrected chi connectivity index (χ4v) is 3.25. The van der Waals surface area contributed by atoms with Gasteiger partial charge in [0.15, 0.2) is 11.5 Å². The molecule has 1 aliphatic rings. The first-order chi connectivity index (χ1) is 12.2. The second-order valence-electron chi connectivity index (χ2n) is 7.01. The molecule has 0 atom stereocenters. The fraction of sp³-hybridized carbons (Fsp3) is 0.588. The Balaban J connectivity index is 1.82. The van der Waals surface area contributed by atoms with Gasteiger partial charge in [0, 0.05) is 31.2 Å². The van der Waals surface area contributed by atoms with Crippen molar-refractivity contribution in [3.05, 3.63) is 29.1 Å². The fourth-order valence-electron chi connectivity index (χ4n) is 3.25. The van der Waals surface area contributed by atoms with Gasteiger partial charge in [-0.3, -0.25) is 4.90 Å². The van der Waals surface area contributed by atoms with Crippen LogP contribution in [0.25, 0.3) is 5.65 Å². The maximum absolute atomic E-state index is 13.1. The van der Waals surface area contributed by atoms with E-state index in [2.05, 4.69) is 32.1 Å². The monoisotopic (exact) mass is 368 g/mol. The van der Waals surface area contributed by atoms with E-state index in [4.69, 9.17) is 0 Å². The molecule has 0 radical (unpaired) electrons. The third kappa shape index (κ3) is 3.67. The van der Waals surface area contributed by atoms with Crippen LogP contribution in [-0.2, 0) is 6.18 Å². The lowest BCUT2D eigenvalue weighted by molar-refractivity contribution is -0.146. The van der Waals surface area contributed by atoms with Gasteiger partial charge < -0.3 is 5.32 Å². The Hall–Kier alpha value is -2.16. The molecule has 26 heavy (non-hydrogen) atoms. The maximum atomic E-state index is 13.1. The Morgan fingerprint density at radius 1 is 1.19 bits per heavy atom. The van der Waals surface area contributed by atoms with E-state index in [9.17, 15) is 13.2 Å². The average Bonchev–Trinajstić information content (AvgIpc) is 2.98. The molecule has 1 aliphatic heterocycles. The summed E-state index contributed by atoms with van der Waals surface area (Å²) in [5.41, 5.74) is 2.70. The molecular formula is C17H23F3N6. The second kappa shape index (κ2) is 6.86. The molecule has 1 saturated heterocycles. The molecule has 6 nitrogen and oxygen atoms in total. The molecule has 2 aromatic rings. The van der Waals surface area contributed by atoms with E-state index in [0.717, 1.165) is 48.1 Å². The molecule has 0 aromatic carbocycles. The molecule has 3 heterocycles. The molecule has 142 valence electrons. The van der Waals surface area contributed by atoms with Crippen LogP contribution in [0.2, 0.25) is 0 Å². The molecule has 1 N–H and O–H groups in total. The summed E-state index contributed by atoms with van der Waals surface area (Å²) in [5.74, 6) is -0.645. The number of likely N-dealkylation sites (tertiary alicyclic amines) is 1. The minimum absolute atomic E-state index is 0.136. The Bertz CT molecular complexity index is 818. The number of alkyl halides is 3. The van der Waals surface area contributed by atoms with Crippen molar-refractivity contribution in [1.29, 1.82) is 0 Å². The SMILES string of the molecule is C=C(C)CN1CCC(Nc2nn3c(C(F)(F)F)nnc3c(C)c2C)CC1. The Morgan fingerprint density at radius 2 is 1.85 bits per heavy atom. The second-order valence-corrected chi connectivity index (χ2v) is 7.01. The van der Waals surface area contributed by atoms with Crippen molar-refractivity contribution in [2.24, 2.45) is 0 Å². The zero-order chi connectivity index (χ0) is 19.1. The third-order valence-corrected chi connectivity index (χ3v) is 4.77. The van der Waals surface area contributed by atoms with E-state index in [1.807, 2.05) is 13.8 Å². The van der Waals surface area contributed by atoms with Gasteiger partial charge in [0.1, 0.15) is 0 Å². The van der Waals surface area contributed by atoms with Gasteiger partial charge >= 0.3 is 6.18 Å². The number of hydrogen-bond donors (Lipinski definition) is 1. The quantitative estimate of drug-likeness (QED) is 0.840. The molecule has 9 heteroatoms. The van der Waals surface area contributed by atoms with Crippen molar-refractivity contribution < 1.29 is 13.2 Å². The predicted molar refractivity (Wildman–Crippen MR) is 93.2 cm³/mol. The van der Waals surface area contributed by atoms with E-state index in [-0.39, 0.29) is 11.7 Å².